The molecular formula is C13H19N3O2. The smallest absolute Gasteiger partial charge is 0.237 e. The highest BCUT2D eigenvalue weighted by Crippen LogP contribution is 2.23. The molecule has 0 aliphatic carbocycles. The summed E-state index contributed by atoms with van der Waals surface area (Å²) >= 11 is 0. The normalized spacial score (nSPS) is 23.4. The molecule has 2 rings (SSSR count). The van der Waals surface area contributed by atoms with Gasteiger partial charge in [-0.1, -0.05) is 0 Å². The van der Waals surface area contributed by atoms with Gasteiger partial charge in [0.1, 0.15) is 5.69 Å². The number of carbonyl (C=O) groups is 1. The van der Waals surface area contributed by atoms with Crippen molar-refractivity contribution in [2.24, 2.45) is 5.92 Å². The lowest BCUT2D eigenvalue weighted by atomic mass is 9.92. The molecular weight excluding hydrogens is 230 g/mol. The highest BCUT2D eigenvalue weighted by molar-refractivity contribution is 5.93. The summed E-state index contributed by atoms with van der Waals surface area (Å²) in [6.07, 6.45) is 3.38. The number of aromatic nitrogens is 1. The quantitative estimate of drug-likeness (QED) is 0.850. The van der Waals surface area contributed by atoms with E-state index in [1.54, 1.807) is 25.4 Å². The molecule has 1 aliphatic rings. The average Bonchev–Trinajstić information content (AvgIpc) is 2.39. The SMILES string of the molecule is COc1ncccc1NC(=O)C1CCNC(C)C1. The second-order valence-electron chi connectivity index (χ2n) is 4.63. The van der Waals surface area contributed by atoms with Gasteiger partial charge in [0.2, 0.25) is 11.8 Å². The number of hydrogen-bond donors (Lipinski definition) is 2. The van der Waals surface area contributed by atoms with Crippen molar-refractivity contribution in [3.05, 3.63) is 18.3 Å². The van der Waals surface area contributed by atoms with Crippen molar-refractivity contribution >= 4 is 11.6 Å². The highest BCUT2D eigenvalue weighted by Gasteiger charge is 2.25. The molecule has 0 saturated carbocycles. The van der Waals surface area contributed by atoms with Gasteiger partial charge in [-0.05, 0) is 38.4 Å². The van der Waals surface area contributed by atoms with Crippen LogP contribution in [0.15, 0.2) is 18.3 Å². The number of hydrogen-bond acceptors (Lipinski definition) is 4. The third-order valence-corrected chi connectivity index (χ3v) is 3.22. The zero-order valence-electron chi connectivity index (χ0n) is 10.8. The van der Waals surface area contributed by atoms with Crippen LogP contribution in [0.25, 0.3) is 0 Å². The number of rotatable bonds is 3. The molecule has 1 aromatic rings. The fourth-order valence-electron chi connectivity index (χ4n) is 2.25. The molecule has 0 spiro atoms. The first-order valence-electron chi connectivity index (χ1n) is 6.24. The third kappa shape index (κ3) is 2.98. The molecule has 2 atom stereocenters. The van der Waals surface area contributed by atoms with E-state index >= 15 is 0 Å². The molecule has 1 saturated heterocycles. The summed E-state index contributed by atoms with van der Waals surface area (Å²) in [6.45, 7) is 2.99. The summed E-state index contributed by atoms with van der Waals surface area (Å²) in [7, 11) is 1.55. The van der Waals surface area contributed by atoms with Crippen LogP contribution >= 0.6 is 0 Å². The Bertz CT molecular complexity index is 422. The lowest BCUT2D eigenvalue weighted by molar-refractivity contribution is -0.120. The maximum atomic E-state index is 12.2. The largest absolute Gasteiger partial charge is 0.480 e. The lowest BCUT2D eigenvalue weighted by Crippen LogP contribution is -2.40. The molecule has 98 valence electrons. The molecule has 1 aromatic heterocycles. The molecule has 1 amide bonds. The minimum absolute atomic E-state index is 0.0506. The number of methoxy groups -OCH3 is 1. The molecule has 5 heteroatoms. The van der Waals surface area contributed by atoms with Crippen LogP contribution in [0.4, 0.5) is 5.69 Å². The van der Waals surface area contributed by atoms with Crippen molar-refractivity contribution in [3.8, 4) is 5.88 Å². The van der Waals surface area contributed by atoms with E-state index in [0.29, 0.717) is 17.6 Å². The van der Waals surface area contributed by atoms with Crippen LogP contribution in [0.3, 0.4) is 0 Å². The molecule has 1 fully saturated rings. The fourth-order valence-corrected chi connectivity index (χ4v) is 2.25. The van der Waals surface area contributed by atoms with E-state index in [2.05, 4.69) is 22.5 Å². The van der Waals surface area contributed by atoms with E-state index < -0.39 is 0 Å². The van der Waals surface area contributed by atoms with Gasteiger partial charge in [0, 0.05) is 18.2 Å². The number of amides is 1. The second-order valence-corrected chi connectivity index (χ2v) is 4.63. The number of nitrogens with zero attached hydrogens (tertiary/aromatic N) is 1. The van der Waals surface area contributed by atoms with Crippen LogP contribution < -0.4 is 15.4 Å². The topological polar surface area (TPSA) is 63.2 Å². The monoisotopic (exact) mass is 249 g/mol. The summed E-state index contributed by atoms with van der Waals surface area (Å²) in [5.41, 5.74) is 0.635. The summed E-state index contributed by atoms with van der Waals surface area (Å²) in [4.78, 5) is 16.2. The highest BCUT2D eigenvalue weighted by atomic mass is 16.5. The number of piperidine rings is 1. The van der Waals surface area contributed by atoms with Crippen LogP contribution in [-0.4, -0.2) is 30.6 Å². The Morgan fingerprint density at radius 1 is 1.61 bits per heavy atom. The van der Waals surface area contributed by atoms with Crippen molar-refractivity contribution in [1.82, 2.24) is 10.3 Å². The zero-order chi connectivity index (χ0) is 13.0. The number of nitrogens with one attached hydrogen (secondary N) is 2. The maximum absolute atomic E-state index is 12.2. The fraction of sp³-hybridized carbons (Fsp3) is 0.538. The molecule has 0 radical (unpaired) electrons. The Hall–Kier alpha value is -1.62. The predicted octanol–water partition coefficient (Wildman–Crippen LogP) is 1.42. The minimum Gasteiger partial charge on any atom is -0.480 e. The summed E-state index contributed by atoms with van der Waals surface area (Å²) in [5, 5.41) is 6.23. The molecule has 18 heavy (non-hydrogen) atoms. The molecule has 2 heterocycles. The Morgan fingerprint density at radius 3 is 3.17 bits per heavy atom. The van der Waals surface area contributed by atoms with Gasteiger partial charge in [-0.25, -0.2) is 4.98 Å². The van der Waals surface area contributed by atoms with Gasteiger partial charge in [0.05, 0.1) is 7.11 Å². The van der Waals surface area contributed by atoms with Crippen molar-refractivity contribution in [1.29, 1.82) is 0 Å². The van der Waals surface area contributed by atoms with Crippen LogP contribution in [0.2, 0.25) is 0 Å². The number of ether oxygens (including phenoxy) is 1. The first-order valence-corrected chi connectivity index (χ1v) is 6.24. The third-order valence-electron chi connectivity index (χ3n) is 3.22. The van der Waals surface area contributed by atoms with Gasteiger partial charge >= 0.3 is 0 Å². The second kappa shape index (κ2) is 5.82. The molecule has 0 aromatic carbocycles. The van der Waals surface area contributed by atoms with E-state index in [1.807, 2.05) is 0 Å². The van der Waals surface area contributed by atoms with Gasteiger partial charge < -0.3 is 15.4 Å². The average molecular weight is 249 g/mol. The first-order chi connectivity index (χ1) is 8.70. The standard InChI is InChI=1S/C13H19N3O2/c1-9-8-10(5-7-14-9)12(17)16-11-4-3-6-15-13(11)18-2/h3-4,6,9-10,14H,5,7-8H2,1-2H3,(H,16,17). The van der Waals surface area contributed by atoms with Gasteiger partial charge in [-0.3, -0.25) is 4.79 Å². The van der Waals surface area contributed by atoms with Crippen LogP contribution in [-0.2, 0) is 4.79 Å². The van der Waals surface area contributed by atoms with Gasteiger partial charge in [-0.2, -0.15) is 0 Å². The zero-order valence-corrected chi connectivity index (χ0v) is 10.8. The van der Waals surface area contributed by atoms with E-state index in [-0.39, 0.29) is 11.8 Å². The number of anilines is 1. The van der Waals surface area contributed by atoms with E-state index in [0.717, 1.165) is 19.4 Å². The summed E-state index contributed by atoms with van der Waals surface area (Å²) < 4.78 is 5.12. The maximum Gasteiger partial charge on any atom is 0.237 e. The van der Waals surface area contributed by atoms with E-state index in [9.17, 15) is 4.79 Å². The van der Waals surface area contributed by atoms with Crippen molar-refractivity contribution in [2.75, 3.05) is 19.0 Å². The van der Waals surface area contributed by atoms with Gasteiger partial charge in [0.15, 0.2) is 0 Å². The van der Waals surface area contributed by atoms with Crippen molar-refractivity contribution in [2.45, 2.75) is 25.8 Å². The number of pyridine rings is 1. The van der Waals surface area contributed by atoms with Crippen LogP contribution in [0.1, 0.15) is 19.8 Å². The molecule has 0 bridgehead atoms. The van der Waals surface area contributed by atoms with E-state index in [1.165, 1.54) is 0 Å². The van der Waals surface area contributed by atoms with Crippen LogP contribution in [0, 0.1) is 5.92 Å². The molecule has 1 aliphatic heterocycles. The molecule has 2 unspecified atom stereocenters. The van der Waals surface area contributed by atoms with Crippen molar-refractivity contribution < 1.29 is 9.53 Å². The Morgan fingerprint density at radius 2 is 2.44 bits per heavy atom. The summed E-state index contributed by atoms with van der Waals surface area (Å²) in [5.74, 6) is 0.564. The molecule has 5 nitrogen and oxygen atoms in total. The lowest BCUT2D eigenvalue weighted by Gasteiger charge is -2.27. The summed E-state index contributed by atoms with van der Waals surface area (Å²) in [6, 6.07) is 3.97. The van der Waals surface area contributed by atoms with Gasteiger partial charge in [-0.15, -0.1) is 0 Å². The Balaban J connectivity index is 2.02. The van der Waals surface area contributed by atoms with E-state index in [4.69, 9.17) is 4.74 Å². The predicted molar refractivity (Wildman–Crippen MR) is 69.6 cm³/mol. The molecule has 2 N–H and O–H groups in total. The van der Waals surface area contributed by atoms with Crippen molar-refractivity contribution in [3.63, 3.8) is 0 Å². The Labute approximate surface area is 107 Å². The van der Waals surface area contributed by atoms with Crippen LogP contribution in [0.5, 0.6) is 5.88 Å². The first kappa shape index (κ1) is 12.8. The number of carbonyl (C=O) groups excluding carboxylic acids is 1. The van der Waals surface area contributed by atoms with Gasteiger partial charge in [0.25, 0.3) is 0 Å². The Kier molecular flexibility index (Phi) is 4.15. The minimum atomic E-state index is 0.0506.